The zero-order valence-corrected chi connectivity index (χ0v) is 16.4. The molecule has 8 heteroatoms. The van der Waals surface area contributed by atoms with Gasteiger partial charge in [0.1, 0.15) is 5.82 Å². The smallest absolute Gasteiger partial charge is 0.232 e. The van der Waals surface area contributed by atoms with Crippen LogP contribution in [0.1, 0.15) is 17.7 Å². The van der Waals surface area contributed by atoms with E-state index in [0.29, 0.717) is 50.7 Å². The quantitative estimate of drug-likeness (QED) is 0.842. The van der Waals surface area contributed by atoms with E-state index in [1.54, 1.807) is 29.3 Å². The van der Waals surface area contributed by atoms with Gasteiger partial charge in [-0.15, -0.1) is 0 Å². The maximum absolute atomic E-state index is 14.4. The Hall–Kier alpha value is -3.03. The maximum Gasteiger partial charge on any atom is 0.232 e. The first kappa shape index (κ1) is 19.3. The van der Waals surface area contributed by atoms with Gasteiger partial charge in [0.2, 0.25) is 17.8 Å². The minimum Gasteiger partial charge on any atom is -0.354 e. The largest absolute Gasteiger partial charge is 0.354 e. The van der Waals surface area contributed by atoms with E-state index in [1.165, 1.54) is 6.07 Å². The molecular formula is C21H24FN5O2. The molecule has 1 aromatic heterocycles. The number of carbonyl (C=O) groups is 2. The van der Waals surface area contributed by atoms with Crippen LogP contribution in [0.15, 0.2) is 36.5 Å². The van der Waals surface area contributed by atoms with E-state index in [0.717, 1.165) is 5.69 Å². The Balaban J connectivity index is 1.59. The van der Waals surface area contributed by atoms with Gasteiger partial charge in [0.05, 0.1) is 5.41 Å². The lowest BCUT2D eigenvalue weighted by molar-refractivity contribution is -0.143. The lowest BCUT2D eigenvalue weighted by Crippen LogP contribution is -2.65. The van der Waals surface area contributed by atoms with Crippen LogP contribution in [0.3, 0.4) is 0 Å². The second-order valence-electron chi connectivity index (χ2n) is 7.79. The first-order valence-electron chi connectivity index (χ1n) is 9.81. The number of anilines is 1. The number of aryl methyl sites for hydroxylation is 1. The van der Waals surface area contributed by atoms with Crippen molar-refractivity contribution in [2.75, 3.05) is 37.6 Å². The van der Waals surface area contributed by atoms with Crippen molar-refractivity contribution in [1.29, 1.82) is 0 Å². The van der Waals surface area contributed by atoms with Crippen LogP contribution >= 0.6 is 0 Å². The third kappa shape index (κ3) is 3.92. The second-order valence-corrected chi connectivity index (χ2v) is 7.79. The molecule has 0 unspecified atom stereocenters. The summed E-state index contributed by atoms with van der Waals surface area (Å²) in [5.74, 6) is 0.181. The van der Waals surface area contributed by atoms with Crippen LogP contribution in [0.2, 0.25) is 0 Å². The zero-order valence-electron chi connectivity index (χ0n) is 16.4. The minimum absolute atomic E-state index is 0.0406. The number of carbonyl (C=O) groups excluding carboxylic acids is 2. The van der Waals surface area contributed by atoms with Crippen molar-refractivity contribution >= 4 is 17.8 Å². The summed E-state index contributed by atoms with van der Waals surface area (Å²) in [6, 6.07) is 8.40. The first-order chi connectivity index (χ1) is 14.0. The summed E-state index contributed by atoms with van der Waals surface area (Å²) in [4.78, 5) is 37.6. The number of hydrogen-bond acceptors (Lipinski definition) is 5. The zero-order chi connectivity index (χ0) is 20.4. The molecule has 4 rings (SSSR count). The minimum atomic E-state index is -0.761. The SMILES string of the molecule is Cc1ccnc(N2CC(Cc3ccccc3F)(C(=O)N3CCNC(=O)CC3)C2)n1. The Morgan fingerprint density at radius 1 is 1.24 bits per heavy atom. The van der Waals surface area contributed by atoms with E-state index in [9.17, 15) is 14.0 Å². The van der Waals surface area contributed by atoms with Gasteiger partial charge < -0.3 is 15.1 Å². The van der Waals surface area contributed by atoms with E-state index >= 15 is 0 Å². The second kappa shape index (κ2) is 7.77. The number of halogens is 1. The van der Waals surface area contributed by atoms with Crippen molar-refractivity contribution in [2.24, 2.45) is 5.41 Å². The van der Waals surface area contributed by atoms with Crippen LogP contribution in [0.4, 0.5) is 10.3 Å². The number of aromatic nitrogens is 2. The lowest BCUT2D eigenvalue weighted by atomic mass is 9.73. The summed E-state index contributed by atoms with van der Waals surface area (Å²) >= 11 is 0. The van der Waals surface area contributed by atoms with Gasteiger partial charge in [0.25, 0.3) is 0 Å². The highest BCUT2D eigenvalue weighted by molar-refractivity contribution is 5.87. The highest BCUT2D eigenvalue weighted by Gasteiger charge is 2.52. The molecule has 0 radical (unpaired) electrons. The third-order valence-corrected chi connectivity index (χ3v) is 5.59. The molecule has 7 nitrogen and oxygen atoms in total. The average Bonchev–Trinajstić information content (AvgIpc) is 2.90. The molecule has 1 aromatic carbocycles. The van der Waals surface area contributed by atoms with Gasteiger partial charge in [-0.05, 0) is 31.0 Å². The molecular weight excluding hydrogens is 373 g/mol. The summed E-state index contributed by atoms with van der Waals surface area (Å²) < 4.78 is 14.4. The van der Waals surface area contributed by atoms with Gasteiger partial charge in [-0.25, -0.2) is 14.4 Å². The Kier molecular flexibility index (Phi) is 5.17. The van der Waals surface area contributed by atoms with Crippen LogP contribution in [-0.4, -0.2) is 59.4 Å². The molecule has 2 fully saturated rings. The Morgan fingerprint density at radius 2 is 2.03 bits per heavy atom. The maximum atomic E-state index is 14.4. The van der Waals surface area contributed by atoms with Gasteiger partial charge in [0, 0.05) is 51.0 Å². The molecule has 3 heterocycles. The Bertz CT molecular complexity index is 929. The topological polar surface area (TPSA) is 78.4 Å². The van der Waals surface area contributed by atoms with Crippen LogP contribution in [-0.2, 0) is 16.0 Å². The summed E-state index contributed by atoms with van der Waals surface area (Å²) in [5, 5.41) is 2.79. The fourth-order valence-corrected chi connectivity index (χ4v) is 4.05. The number of rotatable bonds is 4. The summed E-state index contributed by atoms with van der Waals surface area (Å²) in [7, 11) is 0. The monoisotopic (exact) mass is 397 g/mol. The van der Waals surface area contributed by atoms with Crippen molar-refractivity contribution in [3.05, 3.63) is 53.6 Å². The predicted molar refractivity (Wildman–Crippen MR) is 106 cm³/mol. The molecule has 0 saturated carbocycles. The van der Waals surface area contributed by atoms with E-state index in [1.807, 2.05) is 17.9 Å². The highest BCUT2D eigenvalue weighted by atomic mass is 19.1. The molecule has 2 aliphatic heterocycles. The van der Waals surface area contributed by atoms with Crippen LogP contribution in [0, 0.1) is 18.2 Å². The molecule has 0 spiro atoms. The molecule has 2 aromatic rings. The van der Waals surface area contributed by atoms with Gasteiger partial charge in [-0.1, -0.05) is 18.2 Å². The van der Waals surface area contributed by atoms with Gasteiger partial charge in [0.15, 0.2) is 0 Å². The fourth-order valence-electron chi connectivity index (χ4n) is 4.05. The lowest BCUT2D eigenvalue weighted by Gasteiger charge is -2.50. The summed E-state index contributed by atoms with van der Waals surface area (Å²) in [6.07, 6.45) is 2.29. The standard InChI is InChI=1S/C21H24FN5O2/c1-15-6-8-24-20(25-15)27-13-21(14-27,12-16-4-2-3-5-17(16)22)19(29)26-10-7-18(28)23-9-11-26/h2-6,8H,7,9-14H2,1H3,(H,23,28). The van der Waals surface area contributed by atoms with Crippen LogP contribution in [0.25, 0.3) is 0 Å². The average molecular weight is 397 g/mol. The fraction of sp³-hybridized carbons (Fsp3) is 0.429. The molecule has 2 amide bonds. The van der Waals surface area contributed by atoms with Crippen molar-refractivity contribution in [1.82, 2.24) is 20.2 Å². The number of amides is 2. The van der Waals surface area contributed by atoms with Crippen molar-refractivity contribution in [3.63, 3.8) is 0 Å². The Labute approximate surface area is 168 Å². The Morgan fingerprint density at radius 3 is 2.79 bits per heavy atom. The van der Waals surface area contributed by atoms with E-state index in [2.05, 4.69) is 15.3 Å². The predicted octanol–water partition coefficient (Wildman–Crippen LogP) is 1.32. The van der Waals surface area contributed by atoms with Crippen molar-refractivity contribution in [3.8, 4) is 0 Å². The molecule has 2 aliphatic rings. The van der Waals surface area contributed by atoms with E-state index < -0.39 is 5.41 Å². The van der Waals surface area contributed by atoms with Gasteiger partial charge >= 0.3 is 0 Å². The molecule has 2 saturated heterocycles. The van der Waals surface area contributed by atoms with Crippen molar-refractivity contribution < 1.29 is 14.0 Å². The van der Waals surface area contributed by atoms with Crippen molar-refractivity contribution in [2.45, 2.75) is 19.8 Å². The molecule has 0 bridgehead atoms. The molecule has 152 valence electrons. The highest BCUT2D eigenvalue weighted by Crippen LogP contribution is 2.38. The number of benzene rings is 1. The summed E-state index contributed by atoms with van der Waals surface area (Å²) in [5.41, 5.74) is 0.614. The normalized spacial score (nSPS) is 18.6. The van der Waals surface area contributed by atoms with E-state index in [-0.39, 0.29) is 24.1 Å². The van der Waals surface area contributed by atoms with Gasteiger partial charge in [-0.2, -0.15) is 0 Å². The molecule has 0 atom stereocenters. The van der Waals surface area contributed by atoms with Gasteiger partial charge in [-0.3, -0.25) is 9.59 Å². The van der Waals surface area contributed by atoms with E-state index in [4.69, 9.17) is 0 Å². The number of nitrogens with zero attached hydrogens (tertiary/aromatic N) is 4. The molecule has 0 aliphatic carbocycles. The number of nitrogens with one attached hydrogen (secondary N) is 1. The van der Waals surface area contributed by atoms with Crippen LogP contribution < -0.4 is 10.2 Å². The third-order valence-electron chi connectivity index (χ3n) is 5.59. The summed E-state index contributed by atoms with van der Waals surface area (Å²) in [6.45, 7) is 4.01. The number of hydrogen-bond donors (Lipinski definition) is 1. The molecule has 29 heavy (non-hydrogen) atoms. The molecule has 1 N–H and O–H groups in total. The first-order valence-corrected chi connectivity index (χ1v) is 9.81. The van der Waals surface area contributed by atoms with Crippen LogP contribution in [0.5, 0.6) is 0 Å².